The van der Waals surface area contributed by atoms with E-state index in [4.69, 9.17) is 9.15 Å². The van der Waals surface area contributed by atoms with E-state index in [2.05, 4.69) is 22.6 Å². The fraction of sp³-hybridized carbons (Fsp3) is 0.200. The second kappa shape index (κ2) is 6.21. The van der Waals surface area contributed by atoms with Crippen LogP contribution in [0.1, 0.15) is 32.2 Å². The van der Waals surface area contributed by atoms with Crippen molar-refractivity contribution in [2.24, 2.45) is 0 Å². The van der Waals surface area contributed by atoms with Gasteiger partial charge in [-0.3, -0.25) is 4.79 Å². The van der Waals surface area contributed by atoms with Gasteiger partial charge >= 0.3 is 5.97 Å². The number of esters is 1. The number of carbonyl (C=O) groups is 2. The lowest BCUT2D eigenvalue weighted by atomic mass is 10.1. The van der Waals surface area contributed by atoms with E-state index in [0.29, 0.717) is 22.6 Å². The van der Waals surface area contributed by atoms with Crippen molar-refractivity contribution in [1.82, 2.24) is 0 Å². The topological polar surface area (TPSA) is 56.5 Å². The van der Waals surface area contributed by atoms with Crippen LogP contribution in [0.5, 0.6) is 0 Å². The number of furan rings is 1. The monoisotopic (exact) mass is 384 g/mol. The molecule has 2 aromatic rings. The van der Waals surface area contributed by atoms with Gasteiger partial charge in [-0.15, -0.1) is 0 Å². The van der Waals surface area contributed by atoms with Crippen LogP contribution in [-0.4, -0.2) is 18.4 Å². The zero-order valence-electron chi connectivity index (χ0n) is 11.1. The Kier molecular flexibility index (Phi) is 4.59. The Bertz CT molecular complexity index is 640. The zero-order chi connectivity index (χ0) is 14.7. The standard InChI is InChI=1S/C15H13IO4/c1-9-7-13(10(2)20-9)15(18)19-8-14(17)11-3-5-12(16)6-4-11/h3-7H,8H2,1-2H3. The molecule has 0 atom stereocenters. The van der Waals surface area contributed by atoms with Gasteiger partial charge in [-0.25, -0.2) is 4.79 Å². The van der Waals surface area contributed by atoms with Crippen molar-refractivity contribution in [1.29, 1.82) is 0 Å². The summed E-state index contributed by atoms with van der Waals surface area (Å²) in [4.78, 5) is 23.7. The maximum Gasteiger partial charge on any atom is 0.342 e. The number of ketones is 1. The normalized spacial score (nSPS) is 10.3. The van der Waals surface area contributed by atoms with Crippen LogP contribution >= 0.6 is 22.6 Å². The summed E-state index contributed by atoms with van der Waals surface area (Å²) in [7, 11) is 0. The molecule has 20 heavy (non-hydrogen) atoms. The Hall–Kier alpha value is -1.63. The van der Waals surface area contributed by atoms with Crippen molar-refractivity contribution in [2.45, 2.75) is 13.8 Å². The van der Waals surface area contributed by atoms with Crippen LogP contribution in [0.15, 0.2) is 34.7 Å². The maximum absolute atomic E-state index is 11.9. The minimum Gasteiger partial charge on any atom is -0.466 e. The highest BCUT2D eigenvalue weighted by molar-refractivity contribution is 14.1. The lowest BCUT2D eigenvalue weighted by Crippen LogP contribution is -2.14. The lowest BCUT2D eigenvalue weighted by molar-refractivity contribution is 0.0473. The molecule has 0 spiro atoms. The van der Waals surface area contributed by atoms with Crippen molar-refractivity contribution in [3.05, 3.63) is 56.5 Å². The largest absolute Gasteiger partial charge is 0.466 e. The van der Waals surface area contributed by atoms with Gasteiger partial charge in [0.2, 0.25) is 0 Å². The van der Waals surface area contributed by atoms with Crippen LogP contribution in [0.25, 0.3) is 0 Å². The molecule has 2 rings (SSSR count). The first-order valence-electron chi connectivity index (χ1n) is 6.00. The van der Waals surface area contributed by atoms with Gasteiger partial charge in [0.05, 0.1) is 0 Å². The van der Waals surface area contributed by atoms with E-state index in [0.717, 1.165) is 3.57 Å². The van der Waals surface area contributed by atoms with Gasteiger partial charge in [-0.1, -0.05) is 12.1 Å². The molecule has 0 bridgehead atoms. The number of aryl methyl sites for hydroxylation is 2. The summed E-state index contributed by atoms with van der Waals surface area (Å²) in [5, 5.41) is 0. The first kappa shape index (κ1) is 14.8. The third-order valence-electron chi connectivity index (χ3n) is 2.76. The highest BCUT2D eigenvalue weighted by Crippen LogP contribution is 2.15. The Morgan fingerprint density at radius 3 is 2.40 bits per heavy atom. The molecule has 0 aliphatic rings. The smallest absolute Gasteiger partial charge is 0.342 e. The molecule has 0 saturated heterocycles. The van der Waals surface area contributed by atoms with Crippen LogP contribution in [0.3, 0.4) is 0 Å². The molecule has 0 aliphatic heterocycles. The number of halogens is 1. The number of Topliss-reactive ketones (excluding diaryl/α,β-unsaturated/α-hetero) is 1. The molecule has 0 radical (unpaired) electrons. The number of carbonyl (C=O) groups excluding carboxylic acids is 2. The SMILES string of the molecule is Cc1cc(C(=O)OCC(=O)c2ccc(I)cc2)c(C)o1. The summed E-state index contributed by atoms with van der Waals surface area (Å²) in [5.74, 6) is 0.360. The van der Waals surface area contributed by atoms with E-state index in [1.54, 1.807) is 32.0 Å². The van der Waals surface area contributed by atoms with Gasteiger partial charge in [0.15, 0.2) is 12.4 Å². The van der Waals surface area contributed by atoms with Crippen LogP contribution < -0.4 is 0 Å². The fourth-order valence-corrected chi connectivity index (χ4v) is 2.12. The van der Waals surface area contributed by atoms with Gasteiger partial charge in [0.25, 0.3) is 0 Å². The van der Waals surface area contributed by atoms with Gasteiger partial charge in [0, 0.05) is 9.13 Å². The van der Waals surface area contributed by atoms with E-state index in [-0.39, 0.29) is 12.4 Å². The number of rotatable bonds is 4. The van der Waals surface area contributed by atoms with Crippen molar-refractivity contribution in [3.8, 4) is 0 Å². The average molecular weight is 384 g/mol. The Morgan fingerprint density at radius 1 is 1.20 bits per heavy atom. The Labute approximate surface area is 130 Å². The van der Waals surface area contributed by atoms with Crippen molar-refractivity contribution in [2.75, 3.05) is 6.61 Å². The minimum atomic E-state index is -0.543. The average Bonchev–Trinajstić information content (AvgIpc) is 2.75. The first-order chi connectivity index (χ1) is 9.47. The van der Waals surface area contributed by atoms with Crippen molar-refractivity contribution in [3.63, 3.8) is 0 Å². The summed E-state index contributed by atoms with van der Waals surface area (Å²) >= 11 is 2.16. The summed E-state index contributed by atoms with van der Waals surface area (Å²) in [6, 6.07) is 8.70. The maximum atomic E-state index is 11.9. The van der Waals surface area contributed by atoms with E-state index < -0.39 is 5.97 Å². The molecule has 1 aromatic carbocycles. The predicted octanol–water partition coefficient (Wildman–Crippen LogP) is 3.54. The van der Waals surface area contributed by atoms with Crippen molar-refractivity contribution < 1.29 is 18.7 Å². The molecule has 0 aliphatic carbocycles. The number of ether oxygens (including phenoxy) is 1. The fourth-order valence-electron chi connectivity index (χ4n) is 1.76. The molecule has 1 aromatic heterocycles. The summed E-state index contributed by atoms with van der Waals surface area (Å²) in [5.41, 5.74) is 0.885. The summed E-state index contributed by atoms with van der Waals surface area (Å²) < 4.78 is 11.3. The van der Waals surface area contributed by atoms with Gasteiger partial charge in [-0.2, -0.15) is 0 Å². The van der Waals surface area contributed by atoms with Gasteiger partial charge < -0.3 is 9.15 Å². The molecule has 1 heterocycles. The van der Waals surface area contributed by atoms with Crippen LogP contribution in [0.4, 0.5) is 0 Å². The molecule has 0 saturated carbocycles. The van der Waals surface area contributed by atoms with E-state index in [1.165, 1.54) is 0 Å². The summed E-state index contributed by atoms with van der Waals surface area (Å²) in [6.45, 7) is 3.16. The molecule has 0 fully saturated rings. The second-order valence-corrected chi connectivity index (χ2v) is 5.58. The Balaban J connectivity index is 1.98. The van der Waals surface area contributed by atoms with Gasteiger partial charge in [0.1, 0.15) is 17.1 Å². The van der Waals surface area contributed by atoms with E-state index in [9.17, 15) is 9.59 Å². The number of hydrogen-bond donors (Lipinski definition) is 0. The Morgan fingerprint density at radius 2 is 1.85 bits per heavy atom. The van der Waals surface area contributed by atoms with Crippen LogP contribution in [0, 0.1) is 17.4 Å². The van der Waals surface area contributed by atoms with Crippen LogP contribution in [0.2, 0.25) is 0 Å². The highest BCUT2D eigenvalue weighted by atomic mass is 127. The molecular formula is C15H13IO4. The second-order valence-electron chi connectivity index (χ2n) is 4.33. The highest BCUT2D eigenvalue weighted by Gasteiger charge is 2.16. The molecule has 0 unspecified atom stereocenters. The predicted molar refractivity (Wildman–Crippen MR) is 82.0 cm³/mol. The van der Waals surface area contributed by atoms with Crippen LogP contribution in [-0.2, 0) is 4.74 Å². The zero-order valence-corrected chi connectivity index (χ0v) is 13.3. The number of hydrogen-bond acceptors (Lipinski definition) is 4. The third kappa shape index (κ3) is 3.47. The summed E-state index contributed by atoms with van der Waals surface area (Å²) in [6.07, 6.45) is 0. The van der Waals surface area contributed by atoms with E-state index in [1.807, 2.05) is 12.1 Å². The first-order valence-corrected chi connectivity index (χ1v) is 7.08. The molecule has 0 N–H and O–H groups in total. The molecule has 104 valence electrons. The molecular weight excluding hydrogens is 371 g/mol. The van der Waals surface area contributed by atoms with E-state index >= 15 is 0 Å². The quantitative estimate of drug-likeness (QED) is 0.460. The number of benzene rings is 1. The van der Waals surface area contributed by atoms with Gasteiger partial charge in [-0.05, 0) is 54.6 Å². The third-order valence-corrected chi connectivity index (χ3v) is 3.48. The van der Waals surface area contributed by atoms with Crippen molar-refractivity contribution >= 4 is 34.3 Å². The molecule has 4 nitrogen and oxygen atoms in total. The molecule has 0 amide bonds. The minimum absolute atomic E-state index is 0.229. The molecule has 5 heteroatoms. The lowest BCUT2D eigenvalue weighted by Gasteiger charge is -2.03.